The van der Waals surface area contributed by atoms with Crippen LogP contribution in [0, 0.1) is 6.92 Å². The molecule has 0 spiro atoms. The molecule has 12 heteroatoms. The van der Waals surface area contributed by atoms with Crippen molar-refractivity contribution in [3.05, 3.63) is 104 Å². The minimum Gasteiger partial charge on any atom is -0.421 e. The molecule has 7 rings (SSSR count). The third kappa shape index (κ3) is 4.61. The van der Waals surface area contributed by atoms with Gasteiger partial charge in [-0.25, -0.2) is 4.68 Å². The minimum atomic E-state index is -0.377. The lowest BCUT2D eigenvalue weighted by Crippen LogP contribution is -2.08. The Kier molecular flexibility index (Phi) is 6.39. The quantitative estimate of drug-likeness (QED) is 0.183. The van der Waals surface area contributed by atoms with E-state index in [0.717, 1.165) is 24.0 Å². The number of nitrogens with zero attached hydrogens (tertiary/aromatic N) is 6. The summed E-state index contributed by atoms with van der Waals surface area (Å²) in [6.45, 7) is 1.71. The van der Waals surface area contributed by atoms with Gasteiger partial charge in [-0.15, -0.1) is 20.4 Å². The molecule has 0 amide bonds. The molecule has 41 heavy (non-hydrogen) atoms. The van der Waals surface area contributed by atoms with Gasteiger partial charge < -0.3 is 8.83 Å². The van der Waals surface area contributed by atoms with Gasteiger partial charge in [0.25, 0.3) is 11.8 Å². The fraction of sp³-hybridized carbons (Fsp3) is 0.138. The first-order valence-corrected chi connectivity index (χ1v) is 14.1. The maximum Gasteiger partial charge on any atom is 0.269 e. The van der Waals surface area contributed by atoms with Gasteiger partial charge >= 0.3 is 0 Å². The molecular formula is C29H18Cl4N6O2. The van der Waals surface area contributed by atoms with Crippen molar-refractivity contribution in [2.75, 3.05) is 0 Å². The summed E-state index contributed by atoms with van der Waals surface area (Å²) in [7, 11) is 0. The summed E-state index contributed by atoms with van der Waals surface area (Å²) in [6, 6.07) is 20.2. The summed E-state index contributed by atoms with van der Waals surface area (Å²) in [6.07, 6.45) is 1.74. The smallest absolute Gasteiger partial charge is 0.269 e. The van der Waals surface area contributed by atoms with E-state index in [4.69, 9.17) is 60.3 Å². The fourth-order valence-corrected chi connectivity index (χ4v) is 5.64. The number of hydrogen-bond donors (Lipinski definition) is 0. The molecule has 1 aliphatic carbocycles. The molecule has 0 atom stereocenters. The number of halogens is 4. The van der Waals surface area contributed by atoms with Crippen LogP contribution < -0.4 is 0 Å². The second-order valence-electron chi connectivity index (χ2n) is 9.71. The maximum absolute atomic E-state index is 6.68. The molecular weight excluding hydrogens is 606 g/mol. The van der Waals surface area contributed by atoms with Crippen molar-refractivity contribution in [2.24, 2.45) is 0 Å². The Bertz CT molecular complexity index is 1910. The van der Waals surface area contributed by atoms with Crippen LogP contribution in [0.3, 0.4) is 0 Å². The maximum atomic E-state index is 6.68. The van der Waals surface area contributed by atoms with Crippen LogP contribution in [0.4, 0.5) is 0 Å². The van der Waals surface area contributed by atoms with Crippen LogP contribution in [0.15, 0.2) is 75.6 Å². The molecule has 0 radical (unpaired) electrons. The van der Waals surface area contributed by atoms with E-state index in [1.807, 2.05) is 36.4 Å². The Hall–Kier alpha value is -3.69. The molecule has 0 saturated heterocycles. The Morgan fingerprint density at radius 3 is 2.02 bits per heavy atom. The lowest BCUT2D eigenvalue weighted by molar-refractivity contribution is 0.470. The van der Waals surface area contributed by atoms with E-state index >= 15 is 0 Å². The van der Waals surface area contributed by atoms with Crippen LogP contribution in [0.2, 0.25) is 20.1 Å². The monoisotopic (exact) mass is 622 g/mol. The zero-order valence-corrected chi connectivity index (χ0v) is 24.3. The molecule has 8 nitrogen and oxygen atoms in total. The van der Waals surface area contributed by atoms with Gasteiger partial charge in [0.15, 0.2) is 5.69 Å². The van der Waals surface area contributed by atoms with Gasteiger partial charge in [0.05, 0.1) is 27.4 Å². The van der Waals surface area contributed by atoms with Crippen molar-refractivity contribution in [2.45, 2.75) is 25.2 Å². The van der Waals surface area contributed by atoms with Crippen molar-refractivity contribution >= 4 is 46.4 Å². The molecule has 3 heterocycles. The van der Waals surface area contributed by atoms with E-state index in [1.54, 1.807) is 41.9 Å². The van der Waals surface area contributed by atoms with Crippen LogP contribution in [0.25, 0.3) is 40.0 Å². The van der Waals surface area contributed by atoms with Crippen molar-refractivity contribution in [3.63, 3.8) is 0 Å². The van der Waals surface area contributed by atoms with Crippen LogP contribution in [0.1, 0.15) is 30.2 Å². The highest BCUT2D eigenvalue weighted by Gasteiger charge is 2.51. The summed E-state index contributed by atoms with van der Waals surface area (Å²) in [5.74, 6) is 1.31. The second kappa shape index (κ2) is 9.99. The van der Waals surface area contributed by atoms with Gasteiger partial charge in [0, 0.05) is 27.6 Å². The van der Waals surface area contributed by atoms with E-state index < -0.39 is 0 Å². The Labute approximate surface area is 253 Å². The van der Waals surface area contributed by atoms with Crippen LogP contribution in [0.5, 0.6) is 0 Å². The molecule has 204 valence electrons. The fourth-order valence-electron chi connectivity index (χ4n) is 4.90. The lowest BCUT2D eigenvalue weighted by atomic mass is 9.96. The first-order chi connectivity index (χ1) is 19.8. The van der Waals surface area contributed by atoms with Gasteiger partial charge in [0.1, 0.15) is 0 Å². The first-order valence-electron chi connectivity index (χ1n) is 12.6. The SMILES string of the molecule is Cc1nnc(-c2c(-c3nnc(C4(c5ccc(Cl)cc5)CC4)o3)nn(-c3ccc(Cl)cc3Cl)c2-c2ccc(Cl)cc2)o1. The van der Waals surface area contributed by atoms with Crippen LogP contribution in [-0.4, -0.2) is 30.2 Å². The molecule has 1 fully saturated rings. The van der Waals surface area contributed by atoms with E-state index in [0.29, 0.717) is 54.5 Å². The highest BCUT2D eigenvalue weighted by atomic mass is 35.5. The number of aryl methyl sites for hydroxylation is 1. The minimum absolute atomic E-state index is 0.199. The predicted molar refractivity (Wildman–Crippen MR) is 157 cm³/mol. The standard InChI is InChI=1S/C29H18Cl4N6O2/c1-15-34-35-26(40-15)23-24(27-36-37-28(41-27)29(12-13-29)17-4-8-19(31)9-5-17)38-39(22-11-10-20(32)14-21(22)33)25(23)16-2-6-18(30)7-3-16/h2-11,14H,12-13H2,1H3. The van der Waals surface area contributed by atoms with Gasteiger partial charge in [-0.1, -0.05) is 70.7 Å². The molecule has 0 aliphatic heterocycles. The summed E-state index contributed by atoms with van der Waals surface area (Å²) in [5, 5.41) is 24.4. The third-order valence-corrected chi connectivity index (χ3v) is 8.11. The number of benzene rings is 3. The second-order valence-corrected chi connectivity index (χ2v) is 11.4. The lowest BCUT2D eigenvalue weighted by Gasteiger charge is -2.11. The van der Waals surface area contributed by atoms with Crippen molar-refractivity contribution in [1.82, 2.24) is 30.2 Å². The zero-order chi connectivity index (χ0) is 28.3. The van der Waals surface area contributed by atoms with Crippen molar-refractivity contribution in [3.8, 4) is 40.0 Å². The molecule has 0 bridgehead atoms. The normalized spacial score (nSPS) is 14.0. The molecule has 6 aromatic rings. The highest BCUT2D eigenvalue weighted by Crippen LogP contribution is 2.53. The Balaban J connectivity index is 1.46. The Morgan fingerprint density at radius 1 is 0.732 bits per heavy atom. The number of rotatable bonds is 6. The number of hydrogen-bond acceptors (Lipinski definition) is 7. The summed E-state index contributed by atoms with van der Waals surface area (Å²) in [4.78, 5) is 0. The molecule has 0 unspecified atom stereocenters. The predicted octanol–water partition coefficient (Wildman–Crippen LogP) is 8.64. The van der Waals surface area contributed by atoms with Gasteiger partial charge in [-0.05, 0) is 60.9 Å². The summed E-state index contributed by atoms with van der Waals surface area (Å²) >= 11 is 25.3. The molecule has 1 aliphatic rings. The molecule has 0 N–H and O–H groups in total. The van der Waals surface area contributed by atoms with Crippen LogP contribution >= 0.6 is 46.4 Å². The first kappa shape index (κ1) is 26.2. The van der Waals surface area contributed by atoms with Gasteiger partial charge in [-0.2, -0.15) is 5.10 Å². The van der Waals surface area contributed by atoms with E-state index in [-0.39, 0.29) is 17.2 Å². The van der Waals surface area contributed by atoms with E-state index in [9.17, 15) is 0 Å². The highest BCUT2D eigenvalue weighted by molar-refractivity contribution is 6.35. The largest absolute Gasteiger partial charge is 0.421 e. The third-order valence-electron chi connectivity index (χ3n) is 7.06. The number of aromatic nitrogens is 6. The zero-order valence-electron chi connectivity index (χ0n) is 21.3. The van der Waals surface area contributed by atoms with Gasteiger partial charge in [0.2, 0.25) is 11.8 Å². The van der Waals surface area contributed by atoms with Crippen molar-refractivity contribution < 1.29 is 8.83 Å². The average Bonchev–Trinajstić information content (AvgIpc) is 3.25. The molecule has 3 aromatic heterocycles. The Morgan fingerprint density at radius 2 is 1.39 bits per heavy atom. The summed E-state index contributed by atoms with van der Waals surface area (Å²) in [5.41, 5.74) is 3.50. The summed E-state index contributed by atoms with van der Waals surface area (Å²) < 4.78 is 14.0. The van der Waals surface area contributed by atoms with E-state index in [2.05, 4.69) is 20.4 Å². The topological polar surface area (TPSA) is 95.7 Å². The van der Waals surface area contributed by atoms with Gasteiger partial charge in [-0.3, -0.25) is 0 Å². The molecule has 1 saturated carbocycles. The van der Waals surface area contributed by atoms with Crippen LogP contribution in [-0.2, 0) is 5.41 Å². The molecule has 3 aromatic carbocycles. The van der Waals surface area contributed by atoms with Crippen molar-refractivity contribution in [1.29, 1.82) is 0 Å². The average molecular weight is 624 g/mol. The van der Waals surface area contributed by atoms with E-state index in [1.165, 1.54) is 0 Å².